The monoisotopic (exact) mass is 386 g/mol. The first-order valence-corrected chi connectivity index (χ1v) is 9.83. The molecule has 1 saturated heterocycles. The van der Waals surface area contributed by atoms with Crippen LogP contribution in [-0.4, -0.2) is 39.1 Å². The first kappa shape index (κ1) is 18.0. The van der Waals surface area contributed by atoms with E-state index in [1.54, 1.807) is 10.9 Å². The molecule has 6 nitrogen and oxygen atoms in total. The molecule has 142 valence electrons. The quantitative estimate of drug-likeness (QED) is 0.876. The molecule has 0 bridgehead atoms. The van der Waals surface area contributed by atoms with Crippen LogP contribution in [0.3, 0.4) is 0 Å². The van der Waals surface area contributed by atoms with E-state index in [1.165, 1.54) is 6.42 Å². The summed E-state index contributed by atoms with van der Waals surface area (Å²) in [5.74, 6) is 0.238. The van der Waals surface area contributed by atoms with Crippen molar-refractivity contribution in [2.75, 3.05) is 11.9 Å². The Morgan fingerprint density at radius 3 is 2.81 bits per heavy atom. The summed E-state index contributed by atoms with van der Waals surface area (Å²) in [6.45, 7) is 3.30. The van der Waals surface area contributed by atoms with Crippen LogP contribution in [-0.2, 0) is 16.1 Å². The largest absolute Gasteiger partial charge is 0.340 e. The van der Waals surface area contributed by atoms with Crippen molar-refractivity contribution in [1.29, 1.82) is 0 Å². The molecule has 0 saturated carbocycles. The molecule has 2 atom stereocenters. The van der Waals surface area contributed by atoms with E-state index in [0.717, 1.165) is 30.5 Å². The van der Waals surface area contributed by atoms with Gasteiger partial charge in [-0.2, -0.15) is 5.10 Å². The lowest BCUT2D eigenvalue weighted by molar-refractivity contribution is -0.138. The fraction of sp³-hybridized carbons (Fsp3) is 0.450. The predicted octanol–water partition coefficient (Wildman–Crippen LogP) is 3.56. The lowest BCUT2D eigenvalue weighted by Crippen LogP contribution is -2.44. The minimum Gasteiger partial charge on any atom is -0.340 e. The molecule has 0 spiro atoms. The highest BCUT2D eigenvalue weighted by Crippen LogP contribution is 2.33. The molecular formula is C20H23ClN4O2. The van der Waals surface area contributed by atoms with Crippen LogP contribution in [0.5, 0.6) is 0 Å². The molecule has 1 aromatic carbocycles. The Morgan fingerprint density at radius 1 is 1.30 bits per heavy atom. The van der Waals surface area contributed by atoms with E-state index in [4.69, 9.17) is 11.6 Å². The van der Waals surface area contributed by atoms with Crippen LogP contribution in [0.25, 0.3) is 11.1 Å². The zero-order valence-corrected chi connectivity index (χ0v) is 16.1. The van der Waals surface area contributed by atoms with E-state index in [-0.39, 0.29) is 24.3 Å². The summed E-state index contributed by atoms with van der Waals surface area (Å²) in [5.41, 5.74) is 1.80. The Balaban J connectivity index is 1.50. The lowest BCUT2D eigenvalue weighted by atomic mass is 9.98. The number of likely N-dealkylation sites (tertiary alicyclic amines) is 1. The maximum Gasteiger partial charge on any atom is 0.231 e. The number of nitrogens with one attached hydrogen (secondary N) is 1. The first-order valence-electron chi connectivity index (χ1n) is 9.45. The number of hydrogen-bond donors (Lipinski definition) is 1. The van der Waals surface area contributed by atoms with Gasteiger partial charge in [-0.05, 0) is 43.9 Å². The van der Waals surface area contributed by atoms with Crippen molar-refractivity contribution in [2.24, 2.45) is 5.92 Å². The van der Waals surface area contributed by atoms with E-state index < -0.39 is 5.92 Å². The predicted molar refractivity (Wildman–Crippen MR) is 104 cm³/mol. The minimum absolute atomic E-state index is 0.0656. The minimum atomic E-state index is -0.392. The number of piperidine rings is 1. The number of fused-ring (bicyclic) bond motifs is 1. The Labute approximate surface area is 163 Å². The number of carbonyl (C=O) groups is 2. The van der Waals surface area contributed by atoms with Crippen molar-refractivity contribution >= 4 is 29.2 Å². The number of aromatic nitrogens is 2. The van der Waals surface area contributed by atoms with Crippen molar-refractivity contribution in [3.63, 3.8) is 0 Å². The Bertz CT molecular complexity index is 861. The molecular weight excluding hydrogens is 364 g/mol. The molecule has 4 rings (SSSR count). The second-order valence-electron chi connectivity index (χ2n) is 7.42. The Morgan fingerprint density at radius 2 is 2.07 bits per heavy atom. The van der Waals surface area contributed by atoms with Gasteiger partial charge in [0.05, 0.1) is 18.7 Å². The van der Waals surface area contributed by atoms with E-state index >= 15 is 0 Å². The van der Waals surface area contributed by atoms with Crippen LogP contribution in [0.2, 0.25) is 5.02 Å². The summed E-state index contributed by atoms with van der Waals surface area (Å²) in [5, 5.41) is 8.03. The number of hydrogen-bond acceptors (Lipinski definition) is 3. The van der Waals surface area contributed by atoms with Gasteiger partial charge in [0, 0.05) is 29.6 Å². The van der Waals surface area contributed by atoms with Crippen LogP contribution in [0.1, 0.15) is 32.6 Å². The standard InChI is InChI=1S/C20H23ClN4O2/c1-13-4-2-3-9-24(13)18(26)10-15-12-25-19(23-20(15)27)17(11-22-25)14-5-7-16(21)8-6-14/h5-8,11,13,15H,2-4,9-10,12H2,1H3,(H,23,27)/t13-,15-/m1/s1. The molecule has 0 aliphatic carbocycles. The number of carbonyl (C=O) groups excluding carboxylic acids is 2. The van der Waals surface area contributed by atoms with Gasteiger partial charge in [-0.25, -0.2) is 4.68 Å². The van der Waals surface area contributed by atoms with Crippen molar-refractivity contribution in [3.8, 4) is 11.1 Å². The topological polar surface area (TPSA) is 67.2 Å². The lowest BCUT2D eigenvalue weighted by Gasteiger charge is -2.34. The Hall–Kier alpha value is -2.34. The zero-order chi connectivity index (χ0) is 19.0. The number of rotatable bonds is 3. The number of halogens is 1. The van der Waals surface area contributed by atoms with Crippen molar-refractivity contribution < 1.29 is 9.59 Å². The number of benzene rings is 1. The molecule has 2 aliphatic rings. The maximum absolute atomic E-state index is 12.7. The molecule has 2 aliphatic heterocycles. The van der Waals surface area contributed by atoms with Gasteiger partial charge in [-0.15, -0.1) is 0 Å². The summed E-state index contributed by atoms with van der Waals surface area (Å²) in [4.78, 5) is 27.3. The fourth-order valence-electron chi connectivity index (χ4n) is 3.96. The second-order valence-corrected chi connectivity index (χ2v) is 7.85. The number of anilines is 1. The highest BCUT2D eigenvalue weighted by atomic mass is 35.5. The van der Waals surface area contributed by atoms with Crippen LogP contribution in [0.4, 0.5) is 5.82 Å². The van der Waals surface area contributed by atoms with Gasteiger partial charge in [0.1, 0.15) is 5.82 Å². The van der Waals surface area contributed by atoms with Gasteiger partial charge in [-0.3, -0.25) is 9.59 Å². The smallest absolute Gasteiger partial charge is 0.231 e. The van der Waals surface area contributed by atoms with Gasteiger partial charge < -0.3 is 10.2 Å². The molecule has 7 heteroatoms. The molecule has 3 heterocycles. The summed E-state index contributed by atoms with van der Waals surface area (Å²) >= 11 is 5.95. The summed E-state index contributed by atoms with van der Waals surface area (Å²) in [6, 6.07) is 7.69. The number of nitrogens with zero attached hydrogens (tertiary/aromatic N) is 3. The van der Waals surface area contributed by atoms with E-state index in [2.05, 4.69) is 17.3 Å². The summed E-state index contributed by atoms with van der Waals surface area (Å²) < 4.78 is 1.78. The molecule has 27 heavy (non-hydrogen) atoms. The molecule has 1 N–H and O–H groups in total. The summed E-state index contributed by atoms with van der Waals surface area (Å²) in [7, 11) is 0. The highest BCUT2D eigenvalue weighted by Gasteiger charge is 2.33. The Kier molecular flexibility index (Phi) is 4.91. The zero-order valence-electron chi connectivity index (χ0n) is 15.3. The van der Waals surface area contributed by atoms with Gasteiger partial charge in [0.15, 0.2) is 0 Å². The first-order chi connectivity index (χ1) is 13.0. The SMILES string of the molecule is C[C@@H]1CCCCN1C(=O)C[C@@H]1Cn2ncc(-c3ccc(Cl)cc3)c2NC1=O. The third-order valence-electron chi connectivity index (χ3n) is 5.54. The molecule has 1 aromatic heterocycles. The molecule has 0 unspecified atom stereocenters. The number of amides is 2. The van der Waals surface area contributed by atoms with Crippen LogP contribution >= 0.6 is 11.6 Å². The van der Waals surface area contributed by atoms with Crippen molar-refractivity contribution in [1.82, 2.24) is 14.7 Å². The summed E-state index contributed by atoms with van der Waals surface area (Å²) in [6.07, 6.45) is 5.22. The second kappa shape index (κ2) is 7.35. The van der Waals surface area contributed by atoms with Gasteiger partial charge in [-0.1, -0.05) is 23.7 Å². The van der Waals surface area contributed by atoms with Gasteiger partial charge in [0.2, 0.25) is 11.8 Å². The third kappa shape index (κ3) is 3.58. The maximum atomic E-state index is 12.7. The average molecular weight is 387 g/mol. The normalized spacial score (nSPS) is 22.3. The molecule has 2 aromatic rings. The fourth-order valence-corrected chi connectivity index (χ4v) is 4.09. The van der Waals surface area contributed by atoms with Crippen LogP contribution < -0.4 is 5.32 Å². The highest BCUT2D eigenvalue weighted by molar-refractivity contribution is 6.30. The third-order valence-corrected chi connectivity index (χ3v) is 5.80. The molecule has 1 fully saturated rings. The molecule has 0 radical (unpaired) electrons. The van der Waals surface area contributed by atoms with Gasteiger partial charge >= 0.3 is 0 Å². The van der Waals surface area contributed by atoms with E-state index in [1.807, 2.05) is 29.2 Å². The van der Waals surface area contributed by atoms with E-state index in [9.17, 15) is 9.59 Å². The van der Waals surface area contributed by atoms with E-state index in [0.29, 0.717) is 17.4 Å². The van der Waals surface area contributed by atoms with Crippen LogP contribution in [0.15, 0.2) is 30.5 Å². The van der Waals surface area contributed by atoms with Gasteiger partial charge in [0.25, 0.3) is 0 Å². The van der Waals surface area contributed by atoms with Crippen LogP contribution in [0, 0.1) is 5.92 Å². The average Bonchev–Trinajstić information content (AvgIpc) is 3.05. The van der Waals surface area contributed by atoms with Crippen molar-refractivity contribution in [2.45, 2.75) is 45.2 Å². The van der Waals surface area contributed by atoms with Crippen molar-refractivity contribution in [3.05, 3.63) is 35.5 Å². The molecule has 2 amide bonds.